The van der Waals surface area contributed by atoms with Gasteiger partial charge in [-0.25, -0.2) is 4.68 Å². The molecule has 2 heterocycles. The fourth-order valence-corrected chi connectivity index (χ4v) is 4.49. The van der Waals surface area contributed by atoms with Crippen LogP contribution in [-0.4, -0.2) is 42.7 Å². The van der Waals surface area contributed by atoms with Crippen molar-refractivity contribution in [3.63, 3.8) is 0 Å². The maximum absolute atomic E-state index is 12.5. The van der Waals surface area contributed by atoms with Gasteiger partial charge in [-0.1, -0.05) is 72.4 Å². The molecule has 174 valence electrons. The predicted octanol–water partition coefficient (Wildman–Crippen LogP) is 4.57. The summed E-state index contributed by atoms with van der Waals surface area (Å²) in [6.07, 6.45) is 4.43. The quantitative estimate of drug-likeness (QED) is 0.313. The van der Waals surface area contributed by atoms with Crippen molar-refractivity contribution in [3.8, 4) is 22.8 Å². The first-order chi connectivity index (χ1) is 17.3. The number of carbonyl (C=O) groups excluding carboxylic acids is 1. The van der Waals surface area contributed by atoms with Gasteiger partial charge in [-0.3, -0.25) is 9.36 Å². The Hall–Kier alpha value is -4.17. The molecule has 7 nitrogen and oxygen atoms in total. The van der Waals surface area contributed by atoms with E-state index in [2.05, 4.69) is 32.7 Å². The standard InChI is InChI=1S/C27H24N6OS/c34-25(28-18-16-21-12-14-23(15-13-21)32-19-7-17-29-32)20-35-27-31-30-26(22-8-3-1-4-9-22)33(27)24-10-5-2-6-11-24/h1-15,17,19H,16,18,20H2,(H,28,34). The minimum atomic E-state index is -0.0352. The zero-order valence-electron chi connectivity index (χ0n) is 19.0. The molecule has 35 heavy (non-hydrogen) atoms. The lowest BCUT2D eigenvalue weighted by atomic mass is 10.1. The number of amides is 1. The predicted molar refractivity (Wildman–Crippen MR) is 138 cm³/mol. The molecule has 0 radical (unpaired) electrons. The summed E-state index contributed by atoms with van der Waals surface area (Å²) in [5.41, 5.74) is 4.10. The largest absolute Gasteiger partial charge is 0.355 e. The van der Waals surface area contributed by atoms with Crippen molar-refractivity contribution >= 4 is 17.7 Å². The van der Waals surface area contributed by atoms with Crippen LogP contribution >= 0.6 is 11.8 Å². The van der Waals surface area contributed by atoms with E-state index in [4.69, 9.17) is 0 Å². The molecule has 0 aliphatic carbocycles. The molecule has 0 spiro atoms. The van der Waals surface area contributed by atoms with Gasteiger partial charge in [-0.15, -0.1) is 10.2 Å². The van der Waals surface area contributed by atoms with Crippen LogP contribution in [0.1, 0.15) is 5.56 Å². The Morgan fingerprint density at radius 1 is 0.829 bits per heavy atom. The van der Waals surface area contributed by atoms with Crippen molar-refractivity contribution in [3.05, 3.63) is 109 Å². The summed E-state index contributed by atoms with van der Waals surface area (Å²) < 4.78 is 3.81. The molecule has 1 amide bonds. The zero-order chi connectivity index (χ0) is 23.9. The van der Waals surface area contributed by atoms with Crippen LogP contribution in [0.25, 0.3) is 22.8 Å². The van der Waals surface area contributed by atoms with E-state index in [-0.39, 0.29) is 11.7 Å². The Kier molecular flexibility index (Phi) is 7.00. The van der Waals surface area contributed by atoms with Gasteiger partial charge >= 0.3 is 0 Å². The molecule has 5 rings (SSSR count). The maximum Gasteiger partial charge on any atom is 0.230 e. The van der Waals surface area contributed by atoms with Crippen LogP contribution in [0, 0.1) is 0 Å². The van der Waals surface area contributed by atoms with E-state index in [1.807, 2.05) is 94.3 Å². The zero-order valence-corrected chi connectivity index (χ0v) is 19.8. The second kappa shape index (κ2) is 10.8. The average molecular weight is 481 g/mol. The van der Waals surface area contributed by atoms with E-state index in [0.717, 1.165) is 34.7 Å². The van der Waals surface area contributed by atoms with E-state index in [1.54, 1.807) is 6.20 Å². The van der Waals surface area contributed by atoms with E-state index in [9.17, 15) is 4.79 Å². The van der Waals surface area contributed by atoms with Crippen LogP contribution in [0.15, 0.2) is 109 Å². The molecule has 0 aliphatic rings. The van der Waals surface area contributed by atoms with Crippen LogP contribution in [-0.2, 0) is 11.2 Å². The van der Waals surface area contributed by atoms with E-state index in [0.29, 0.717) is 11.7 Å². The number of benzene rings is 3. The molecule has 8 heteroatoms. The molecule has 0 aliphatic heterocycles. The van der Waals surface area contributed by atoms with Crippen LogP contribution in [0.5, 0.6) is 0 Å². The lowest BCUT2D eigenvalue weighted by Gasteiger charge is -2.10. The number of nitrogens with zero attached hydrogens (tertiary/aromatic N) is 5. The summed E-state index contributed by atoms with van der Waals surface area (Å²) in [5.74, 6) is 0.975. The number of nitrogens with one attached hydrogen (secondary N) is 1. The number of aromatic nitrogens is 5. The third-order valence-corrected chi connectivity index (χ3v) is 6.38. The van der Waals surface area contributed by atoms with Crippen LogP contribution in [0.4, 0.5) is 0 Å². The molecule has 2 aromatic heterocycles. The number of hydrogen-bond acceptors (Lipinski definition) is 5. The Morgan fingerprint density at radius 3 is 2.29 bits per heavy atom. The van der Waals surface area contributed by atoms with Gasteiger partial charge in [-0.05, 0) is 42.3 Å². The Morgan fingerprint density at radius 2 is 1.57 bits per heavy atom. The van der Waals surface area contributed by atoms with Gasteiger partial charge < -0.3 is 5.32 Å². The molecular formula is C27H24N6OS. The average Bonchev–Trinajstić information content (AvgIpc) is 3.60. The fraction of sp³-hybridized carbons (Fsp3) is 0.111. The lowest BCUT2D eigenvalue weighted by Crippen LogP contribution is -2.27. The fourth-order valence-electron chi connectivity index (χ4n) is 3.71. The number of carbonyl (C=O) groups is 1. The van der Waals surface area contributed by atoms with Crippen molar-refractivity contribution < 1.29 is 4.79 Å². The van der Waals surface area contributed by atoms with Crippen LogP contribution in [0.3, 0.4) is 0 Å². The third kappa shape index (κ3) is 5.50. The van der Waals surface area contributed by atoms with E-state index < -0.39 is 0 Å². The summed E-state index contributed by atoms with van der Waals surface area (Å²) in [5, 5.41) is 16.7. The van der Waals surface area contributed by atoms with Gasteiger partial charge in [0.1, 0.15) is 0 Å². The van der Waals surface area contributed by atoms with Gasteiger partial charge in [0.05, 0.1) is 11.4 Å². The van der Waals surface area contributed by atoms with Crippen molar-refractivity contribution in [1.29, 1.82) is 0 Å². The summed E-state index contributed by atoms with van der Waals surface area (Å²) in [7, 11) is 0. The first-order valence-electron chi connectivity index (χ1n) is 11.3. The summed E-state index contributed by atoms with van der Waals surface area (Å²) in [4.78, 5) is 12.5. The number of thioether (sulfide) groups is 1. The minimum Gasteiger partial charge on any atom is -0.355 e. The number of para-hydroxylation sites is 1. The summed E-state index contributed by atoms with van der Waals surface area (Å²) in [6, 6.07) is 30.0. The topological polar surface area (TPSA) is 77.6 Å². The molecule has 0 bridgehead atoms. The minimum absolute atomic E-state index is 0.0352. The van der Waals surface area contributed by atoms with Gasteiger partial charge in [0.15, 0.2) is 11.0 Å². The van der Waals surface area contributed by atoms with E-state index in [1.165, 1.54) is 11.8 Å². The second-order valence-electron chi connectivity index (χ2n) is 7.85. The van der Waals surface area contributed by atoms with Gasteiger partial charge in [0, 0.05) is 30.2 Å². The third-order valence-electron chi connectivity index (χ3n) is 5.45. The van der Waals surface area contributed by atoms with E-state index >= 15 is 0 Å². The monoisotopic (exact) mass is 480 g/mol. The van der Waals surface area contributed by atoms with Crippen molar-refractivity contribution in [1.82, 2.24) is 29.9 Å². The molecule has 3 aromatic carbocycles. The van der Waals surface area contributed by atoms with Crippen LogP contribution < -0.4 is 5.32 Å². The van der Waals surface area contributed by atoms with Gasteiger partial charge in [0.25, 0.3) is 0 Å². The second-order valence-corrected chi connectivity index (χ2v) is 8.79. The highest BCUT2D eigenvalue weighted by atomic mass is 32.2. The molecular weight excluding hydrogens is 456 g/mol. The molecule has 0 fully saturated rings. The van der Waals surface area contributed by atoms with Gasteiger partial charge in [-0.2, -0.15) is 5.10 Å². The highest BCUT2D eigenvalue weighted by Gasteiger charge is 2.17. The molecule has 1 N–H and O–H groups in total. The first-order valence-corrected chi connectivity index (χ1v) is 12.3. The van der Waals surface area contributed by atoms with Crippen molar-refractivity contribution in [2.45, 2.75) is 11.6 Å². The van der Waals surface area contributed by atoms with Crippen LogP contribution in [0.2, 0.25) is 0 Å². The molecule has 0 saturated carbocycles. The summed E-state index contributed by atoms with van der Waals surface area (Å²) >= 11 is 1.38. The smallest absolute Gasteiger partial charge is 0.230 e. The molecule has 5 aromatic rings. The van der Waals surface area contributed by atoms with Crippen molar-refractivity contribution in [2.75, 3.05) is 12.3 Å². The number of rotatable bonds is 9. The number of hydrogen-bond donors (Lipinski definition) is 1. The van der Waals surface area contributed by atoms with Gasteiger partial charge in [0.2, 0.25) is 5.91 Å². The highest BCUT2D eigenvalue weighted by molar-refractivity contribution is 7.99. The normalized spacial score (nSPS) is 10.9. The molecule has 0 atom stereocenters. The lowest BCUT2D eigenvalue weighted by molar-refractivity contribution is -0.118. The summed E-state index contributed by atoms with van der Waals surface area (Å²) in [6.45, 7) is 0.571. The Labute approximate surface area is 207 Å². The SMILES string of the molecule is O=C(CSc1nnc(-c2ccccc2)n1-c1ccccc1)NCCc1ccc(-n2cccn2)cc1. The van der Waals surface area contributed by atoms with Crippen molar-refractivity contribution in [2.24, 2.45) is 0 Å². The Bertz CT molecular complexity index is 1370. The molecule has 0 unspecified atom stereocenters. The Balaban J connectivity index is 1.19. The highest BCUT2D eigenvalue weighted by Crippen LogP contribution is 2.27. The molecule has 0 saturated heterocycles. The maximum atomic E-state index is 12.5. The first kappa shape index (κ1) is 22.6.